The second-order valence-corrected chi connectivity index (χ2v) is 7.06. The number of anilines is 1. The fourth-order valence-corrected chi connectivity index (χ4v) is 3.04. The Morgan fingerprint density at radius 2 is 1.39 bits per heavy atom. The summed E-state index contributed by atoms with van der Waals surface area (Å²) in [6.07, 6.45) is 0. The summed E-state index contributed by atoms with van der Waals surface area (Å²) in [5.41, 5.74) is 2.17. The first-order valence-electron chi connectivity index (χ1n) is 10.2. The number of amides is 3. The lowest BCUT2D eigenvalue weighted by Gasteiger charge is -2.12. The van der Waals surface area contributed by atoms with E-state index in [0.29, 0.717) is 12.3 Å². The molecular weight excluding hydrogens is 422 g/mol. The normalized spacial score (nSPS) is 10.1. The van der Waals surface area contributed by atoms with Crippen molar-refractivity contribution in [1.82, 2.24) is 10.6 Å². The summed E-state index contributed by atoms with van der Waals surface area (Å²) < 4.78 is 10.3. The zero-order valence-corrected chi connectivity index (χ0v) is 18.4. The van der Waals surface area contributed by atoms with E-state index >= 15 is 0 Å². The number of hydrogen-bond acceptors (Lipinski definition) is 5. The molecule has 0 fully saturated rings. The topological polar surface area (TPSA) is 106 Å². The molecule has 0 aliphatic rings. The highest BCUT2D eigenvalue weighted by molar-refractivity contribution is 6.40. The molecule has 33 heavy (non-hydrogen) atoms. The van der Waals surface area contributed by atoms with Crippen LogP contribution < -0.4 is 25.4 Å². The fourth-order valence-electron chi connectivity index (χ4n) is 3.04. The molecule has 3 rings (SSSR count). The van der Waals surface area contributed by atoms with Crippen LogP contribution in [0, 0.1) is 0 Å². The Hall–Kier alpha value is -4.33. The van der Waals surface area contributed by atoms with Crippen LogP contribution in [0.4, 0.5) is 5.69 Å². The highest BCUT2D eigenvalue weighted by atomic mass is 16.5. The van der Waals surface area contributed by atoms with Gasteiger partial charge in [0.15, 0.2) is 0 Å². The molecule has 3 aromatic carbocycles. The molecule has 3 N–H and O–H groups in total. The molecule has 0 atom stereocenters. The maximum Gasteiger partial charge on any atom is 0.313 e. The molecule has 170 valence electrons. The van der Waals surface area contributed by atoms with E-state index in [1.54, 1.807) is 68.8 Å². The van der Waals surface area contributed by atoms with Crippen molar-refractivity contribution in [3.8, 4) is 11.5 Å². The maximum absolute atomic E-state index is 12.7. The monoisotopic (exact) mass is 447 g/mol. The molecule has 0 radical (unpaired) electrons. The third-order valence-electron chi connectivity index (χ3n) is 4.83. The molecule has 0 bridgehead atoms. The molecule has 0 unspecified atom stereocenters. The molecule has 0 saturated heterocycles. The predicted molar refractivity (Wildman–Crippen MR) is 124 cm³/mol. The Balaban J connectivity index is 1.58. The highest BCUT2D eigenvalue weighted by Gasteiger charge is 2.17. The van der Waals surface area contributed by atoms with E-state index in [-0.39, 0.29) is 23.7 Å². The zero-order chi connectivity index (χ0) is 23.6. The van der Waals surface area contributed by atoms with Gasteiger partial charge < -0.3 is 25.4 Å². The molecule has 0 aliphatic heterocycles. The minimum atomic E-state index is -0.867. The lowest BCUT2D eigenvalue weighted by Crippen LogP contribution is -2.35. The van der Waals surface area contributed by atoms with Gasteiger partial charge in [-0.25, -0.2) is 0 Å². The van der Waals surface area contributed by atoms with E-state index < -0.39 is 11.8 Å². The van der Waals surface area contributed by atoms with Gasteiger partial charge in [-0.2, -0.15) is 0 Å². The van der Waals surface area contributed by atoms with Crippen LogP contribution in [0.5, 0.6) is 11.5 Å². The fraction of sp³-hybridized carbons (Fsp3) is 0.160. The minimum absolute atomic E-state index is 0.160. The number of ether oxygens (including phenoxy) is 2. The summed E-state index contributed by atoms with van der Waals surface area (Å²) in [5, 5.41) is 7.88. The van der Waals surface area contributed by atoms with Crippen molar-refractivity contribution in [3.63, 3.8) is 0 Å². The summed E-state index contributed by atoms with van der Waals surface area (Å²) >= 11 is 0. The van der Waals surface area contributed by atoms with Gasteiger partial charge in [0, 0.05) is 13.1 Å². The number of benzene rings is 3. The van der Waals surface area contributed by atoms with Gasteiger partial charge in [-0.1, -0.05) is 36.4 Å². The molecule has 0 aliphatic carbocycles. The molecular formula is C25H25N3O5. The molecule has 0 heterocycles. The first-order chi connectivity index (χ1) is 16.0. The molecule has 3 aromatic rings. The van der Waals surface area contributed by atoms with Crippen LogP contribution in [0.3, 0.4) is 0 Å². The Kier molecular flexibility index (Phi) is 8.02. The lowest BCUT2D eigenvalue weighted by atomic mass is 10.1. The molecule has 0 saturated carbocycles. The highest BCUT2D eigenvalue weighted by Crippen LogP contribution is 2.16. The number of carbonyl (C=O) groups excluding carboxylic acids is 3. The first kappa shape index (κ1) is 23.3. The van der Waals surface area contributed by atoms with E-state index in [4.69, 9.17) is 9.47 Å². The summed E-state index contributed by atoms with van der Waals surface area (Å²) in [7, 11) is 3.14. The maximum atomic E-state index is 12.7. The van der Waals surface area contributed by atoms with Crippen LogP contribution >= 0.6 is 0 Å². The summed E-state index contributed by atoms with van der Waals surface area (Å²) in [5.74, 6) is -0.679. The van der Waals surface area contributed by atoms with Crippen molar-refractivity contribution >= 4 is 23.4 Å². The Bertz CT molecular complexity index is 1130. The van der Waals surface area contributed by atoms with Gasteiger partial charge in [0.05, 0.1) is 25.5 Å². The van der Waals surface area contributed by atoms with Gasteiger partial charge in [-0.15, -0.1) is 0 Å². The van der Waals surface area contributed by atoms with Crippen molar-refractivity contribution in [2.75, 3.05) is 19.5 Å². The average Bonchev–Trinajstić information content (AvgIpc) is 2.86. The van der Waals surface area contributed by atoms with Crippen LogP contribution in [0.1, 0.15) is 21.5 Å². The van der Waals surface area contributed by atoms with Crippen LogP contribution in [-0.4, -0.2) is 31.9 Å². The second kappa shape index (κ2) is 11.3. The first-order valence-corrected chi connectivity index (χ1v) is 10.2. The summed E-state index contributed by atoms with van der Waals surface area (Å²) in [6, 6.07) is 21.0. The molecule has 0 aromatic heterocycles. The van der Waals surface area contributed by atoms with E-state index in [0.717, 1.165) is 16.9 Å². The van der Waals surface area contributed by atoms with Crippen LogP contribution in [-0.2, 0) is 22.7 Å². The van der Waals surface area contributed by atoms with E-state index in [1.807, 2.05) is 18.2 Å². The van der Waals surface area contributed by atoms with Gasteiger partial charge in [0.25, 0.3) is 5.91 Å². The van der Waals surface area contributed by atoms with Crippen molar-refractivity contribution in [1.29, 1.82) is 0 Å². The number of carbonyl (C=O) groups is 3. The lowest BCUT2D eigenvalue weighted by molar-refractivity contribution is -0.136. The summed E-state index contributed by atoms with van der Waals surface area (Å²) in [4.78, 5) is 37.3. The zero-order valence-electron chi connectivity index (χ0n) is 18.4. The minimum Gasteiger partial charge on any atom is -0.497 e. The van der Waals surface area contributed by atoms with Crippen LogP contribution in [0.25, 0.3) is 0 Å². The number of rotatable bonds is 8. The van der Waals surface area contributed by atoms with Gasteiger partial charge in [0.1, 0.15) is 11.5 Å². The van der Waals surface area contributed by atoms with E-state index in [9.17, 15) is 14.4 Å². The van der Waals surface area contributed by atoms with Crippen molar-refractivity contribution in [2.24, 2.45) is 0 Å². The van der Waals surface area contributed by atoms with Gasteiger partial charge in [-0.3, -0.25) is 14.4 Å². The van der Waals surface area contributed by atoms with Crippen molar-refractivity contribution in [2.45, 2.75) is 13.1 Å². The SMILES string of the molecule is COc1ccc(CNC(=O)c2ccccc2NC(=O)C(=O)NCc2cccc(OC)c2)cc1. The largest absolute Gasteiger partial charge is 0.497 e. The van der Waals surface area contributed by atoms with Gasteiger partial charge in [-0.05, 0) is 47.5 Å². The van der Waals surface area contributed by atoms with Crippen molar-refractivity contribution in [3.05, 3.63) is 89.5 Å². The smallest absolute Gasteiger partial charge is 0.313 e. The third kappa shape index (κ3) is 6.57. The molecule has 0 spiro atoms. The number of nitrogens with one attached hydrogen (secondary N) is 3. The molecule has 8 heteroatoms. The Morgan fingerprint density at radius 1 is 0.697 bits per heavy atom. The van der Waals surface area contributed by atoms with E-state index in [2.05, 4.69) is 16.0 Å². The van der Waals surface area contributed by atoms with Crippen LogP contribution in [0.15, 0.2) is 72.8 Å². The van der Waals surface area contributed by atoms with Gasteiger partial charge >= 0.3 is 11.8 Å². The van der Waals surface area contributed by atoms with Crippen molar-refractivity contribution < 1.29 is 23.9 Å². The standard InChI is InChI=1S/C25H25N3O5/c1-32-19-12-10-17(11-13-19)15-26-23(29)21-8-3-4-9-22(21)28-25(31)24(30)27-16-18-6-5-7-20(14-18)33-2/h3-14H,15-16H2,1-2H3,(H,26,29)(H,27,30)(H,28,31). The summed E-state index contributed by atoms with van der Waals surface area (Å²) in [6.45, 7) is 0.458. The second-order valence-electron chi connectivity index (χ2n) is 7.06. The van der Waals surface area contributed by atoms with E-state index in [1.165, 1.54) is 0 Å². The third-order valence-corrected chi connectivity index (χ3v) is 4.83. The quantitative estimate of drug-likeness (QED) is 0.461. The Morgan fingerprint density at radius 3 is 2.12 bits per heavy atom. The Labute approximate surface area is 191 Å². The van der Waals surface area contributed by atoms with Crippen LogP contribution in [0.2, 0.25) is 0 Å². The van der Waals surface area contributed by atoms with Gasteiger partial charge in [0.2, 0.25) is 0 Å². The number of para-hydroxylation sites is 1. The number of methoxy groups -OCH3 is 2. The molecule has 8 nitrogen and oxygen atoms in total. The number of hydrogen-bond donors (Lipinski definition) is 3. The average molecular weight is 447 g/mol. The molecule has 3 amide bonds. The predicted octanol–water partition coefficient (Wildman–Crippen LogP) is 2.89.